The number of Topliss-reactive ketones (excluding diaryl/α,β-unsaturated/α-hetero) is 1. The van der Waals surface area contributed by atoms with Crippen molar-refractivity contribution in [2.24, 2.45) is 5.92 Å². The van der Waals surface area contributed by atoms with Crippen molar-refractivity contribution < 1.29 is 9.53 Å². The minimum Gasteiger partial charge on any atom is -0.366 e. The normalized spacial score (nSPS) is 34.3. The molecule has 2 heterocycles. The Morgan fingerprint density at radius 2 is 2.08 bits per heavy atom. The van der Waals surface area contributed by atoms with Gasteiger partial charge in [-0.15, -0.1) is 0 Å². The number of nitrogens with zero attached hydrogens (tertiary/aromatic N) is 1. The van der Waals surface area contributed by atoms with Gasteiger partial charge in [-0.2, -0.15) is 0 Å². The Kier molecular flexibility index (Phi) is 2.16. The average molecular weight is 183 g/mol. The van der Waals surface area contributed by atoms with Crippen LogP contribution in [0.4, 0.5) is 0 Å². The molecule has 3 nitrogen and oxygen atoms in total. The van der Waals surface area contributed by atoms with Crippen molar-refractivity contribution in [3.8, 4) is 0 Å². The van der Waals surface area contributed by atoms with E-state index in [0.717, 1.165) is 25.9 Å². The number of ether oxygens (including phenoxy) is 1. The lowest BCUT2D eigenvalue weighted by atomic mass is 9.80. The molecule has 0 bridgehead atoms. The van der Waals surface area contributed by atoms with E-state index in [9.17, 15) is 4.79 Å². The highest BCUT2D eigenvalue weighted by Gasteiger charge is 2.47. The molecule has 2 aliphatic heterocycles. The van der Waals surface area contributed by atoms with E-state index in [-0.39, 0.29) is 17.3 Å². The molecule has 2 aliphatic rings. The summed E-state index contributed by atoms with van der Waals surface area (Å²) in [4.78, 5) is 13.7. The van der Waals surface area contributed by atoms with E-state index in [1.54, 1.807) is 0 Å². The molecule has 0 N–H and O–H groups in total. The lowest BCUT2D eigenvalue weighted by molar-refractivity contribution is -0.120. The van der Waals surface area contributed by atoms with Crippen LogP contribution in [0.5, 0.6) is 0 Å². The maximum Gasteiger partial charge on any atom is 0.164 e. The predicted molar refractivity (Wildman–Crippen MR) is 49.6 cm³/mol. The number of piperidine rings is 1. The highest BCUT2D eigenvalue weighted by molar-refractivity contribution is 5.85. The van der Waals surface area contributed by atoms with Gasteiger partial charge in [-0.1, -0.05) is 6.92 Å². The summed E-state index contributed by atoms with van der Waals surface area (Å²) < 4.78 is 5.68. The molecular weight excluding hydrogens is 166 g/mol. The number of carbonyl (C=O) groups is 1. The Labute approximate surface area is 79.0 Å². The Morgan fingerprint density at radius 3 is 2.54 bits per heavy atom. The molecule has 2 saturated heterocycles. The molecule has 1 unspecified atom stereocenters. The van der Waals surface area contributed by atoms with E-state index in [1.165, 1.54) is 0 Å². The van der Waals surface area contributed by atoms with Crippen LogP contribution in [0, 0.1) is 5.92 Å². The molecule has 3 heteroatoms. The van der Waals surface area contributed by atoms with Gasteiger partial charge >= 0.3 is 0 Å². The maximum atomic E-state index is 11.4. The fraction of sp³-hybridized carbons (Fsp3) is 0.900. The van der Waals surface area contributed by atoms with Crippen molar-refractivity contribution in [1.82, 2.24) is 4.90 Å². The molecule has 0 aromatic heterocycles. The lowest BCUT2D eigenvalue weighted by Gasteiger charge is -2.39. The fourth-order valence-electron chi connectivity index (χ4n) is 2.33. The van der Waals surface area contributed by atoms with Gasteiger partial charge in [0.05, 0.1) is 5.60 Å². The van der Waals surface area contributed by atoms with Gasteiger partial charge in [0.1, 0.15) is 6.61 Å². The molecule has 0 aromatic carbocycles. The van der Waals surface area contributed by atoms with Gasteiger partial charge < -0.3 is 9.64 Å². The first-order valence-electron chi connectivity index (χ1n) is 4.99. The summed E-state index contributed by atoms with van der Waals surface area (Å²) >= 11 is 0. The van der Waals surface area contributed by atoms with Crippen molar-refractivity contribution in [1.29, 1.82) is 0 Å². The van der Waals surface area contributed by atoms with E-state index >= 15 is 0 Å². The smallest absolute Gasteiger partial charge is 0.164 e. The van der Waals surface area contributed by atoms with Crippen molar-refractivity contribution >= 4 is 5.78 Å². The molecule has 1 spiro atoms. The topological polar surface area (TPSA) is 29.5 Å². The summed E-state index contributed by atoms with van der Waals surface area (Å²) in [7, 11) is 2.12. The third kappa shape index (κ3) is 1.40. The molecule has 2 rings (SSSR count). The molecule has 13 heavy (non-hydrogen) atoms. The third-order valence-corrected chi connectivity index (χ3v) is 3.61. The Hall–Kier alpha value is -0.410. The molecule has 0 aliphatic carbocycles. The molecule has 0 amide bonds. The number of hydrogen-bond donors (Lipinski definition) is 0. The van der Waals surface area contributed by atoms with Crippen LogP contribution in [-0.4, -0.2) is 43.0 Å². The number of rotatable bonds is 0. The fourth-order valence-corrected chi connectivity index (χ4v) is 2.33. The zero-order valence-corrected chi connectivity index (χ0v) is 8.38. The average Bonchev–Trinajstić information content (AvgIpc) is 2.40. The van der Waals surface area contributed by atoms with Crippen molar-refractivity contribution in [3.05, 3.63) is 0 Å². The van der Waals surface area contributed by atoms with Crippen molar-refractivity contribution in [3.63, 3.8) is 0 Å². The van der Waals surface area contributed by atoms with Crippen LogP contribution < -0.4 is 0 Å². The Bertz CT molecular complexity index is 219. The summed E-state index contributed by atoms with van der Waals surface area (Å²) in [6, 6.07) is 0. The summed E-state index contributed by atoms with van der Waals surface area (Å²) in [5.41, 5.74) is -0.108. The quantitative estimate of drug-likeness (QED) is 0.553. The number of carbonyl (C=O) groups excluding carboxylic acids is 1. The monoisotopic (exact) mass is 183 g/mol. The van der Waals surface area contributed by atoms with Gasteiger partial charge in [0.15, 0.2) is 5.78 Å². The molecule has 0 aromatic rings. The molecule has 74 valence electrons. The zero-order chi connectivity index (χ0) is 9.47. The molecule has 1 atom stereocenters. The highest BCUT2D eigenvalue weighted by Crippen LogP contribution is 2.38. The highest BCUT2D eigenvalue weighted by atomic mass is 16.5. The minimum absolute atomic E-state index is 0.108. The summed E-state index contributed by atoms with van der Waals surface area (Å²) in [5, 5.41) is 0. The maximum absolute atomic E-state index is 11.4. The van der Waals surface area contributed by atoms with Gasteiger partial charge in [-0.05, 0) is 19.9 Å². The van der Waals surface area contributed by atoms with Gasteiger partial charge in [0.25, 0.3) is 0 Å². The molecular formula is C10H17NO2. The van der Waals surface area contributed by atoms with Crippen LogP contribution in [0.3, 0.4) is 0 Å². The van der Waals surface area contributed by atoms with E-state index in [4.69, 9.17) is 4.74 Å². The Morgan fingerprint density at radius 1 is 1.46 bits per heavy atom. The van der Waals surface area contributed by atoms with Crippen LogP contribution in [-0.2, 0) is 9.53 Å². The second-order valence-electron chi connectivity index (χ2n) is 4.34. The Balaban J connectivity index is 2.09. The standard InChI is InChI=1S/C10H17NO2/c1-8-9(12)7-13-10(8)3-5-11(2)6-4-10/h8H,3-7H2,1-2H3. The molecule has 2 fully saturated rings. The van der Waals surface area contributed by atoms with Gasteiger partial charge in [0, 0.05) is 19.0 Å². The van der Waals surface area contributed by atoms with E-state index in [1.807, 2.05) is 6.92 Å². The first-order valence-corrected chi connectivity index (χ1v) is 4.99. The number of ketones is 1. The largest absolute Gasteiger partial charge is 0.366 e. The summed E-state index contributed by atoms with van der Waals surface area (Å²) in [5.74, 6) is 0.394. The third-order valence-electron chi connectivity index (χ3n) is 3.61. The summed E-state index contributed by atoms with van der Waals surface area (Å²) in [6.45, 7) is 4.46. The van der Waals surface area contributed by atoms with Gasteiger partial charge in [-0.25, -0.2) is 0 Å². The molecule has 0 saturated carbocycles. The number of hydrogen-bond acceptors (Lipinski definition) is 3. The second kappa shape index (κ2) is 3.07. The van der Waals surface area contributed by atoms with Crippen molar-refractivity contribution in [2.45, 2.75) is 25.4 Å². The van der Waals surface area contributed by atoms with E-state index in [0.29, 0.717) is 6.61 Å². The number of likely N-dealkylation sites (tertiary alicyclic amines) is 1. The lowest BCUT2D eigenvalue weighted by Crippen LogP contribution is -2.46. The first-order chi connectivity index (χ1) is 6.14. The summed E-state index contributed by atoms with van der Waals surface area (Å²) in [6.07, 6.45) is 2.02. The minimum atomic E-state index is -0.108. The van der Waals surface area contributed by atoms with Crippen LogP contribution in [0.2, 0.25) is 0 Å². The SMILES string of the molecule is CC1C(=O)COC12CCN(C)CC2. The van der Waals surface area contributed by atoms with Crippen LogP contribution in [0.25, 0.3) is 0 Å². The van der Waals surface area contributed by atoms with Crippen LogP contribution in [0.15, 0.2) is 0 Å². The van der Waals surface area contributed by atoms with Crippen LogP contribution in [0.1, 0.15) is 19.8 Å². The zero-order valence-electron chi connectivity index (χ0n) is 8.38. The van der Waals surface area contributed by atoms with E-state index < -0.39 is 0 Å². The van der Waals surface area contributed by atoms with Crippen molar-refractivity contribution in [2.75, 3.05) is 26.7 Å². The second-order valence-corrected chi connectivity index (χ2v) is 4.34. The van der Waals surface area contributed by atoms with Gasteiger partial charge in [0.2, 0.25) is 0 Å². The first kappa shape index (κ1) is 9.16. The predicted octanol–water partition coefficient (Wildman–Crippen LogP) is 0.686. The molecule has 0 radical (unpaired) electrons. The van der Waals surface area contributed by atoms with Gasteiger partial charge in [-0.3, -0.25) is 4.79 Å². The van der Waals surface area contributed by atoms with E-state index in [2.05, 4.69) is 11.9 Å². The van der Waals surface area contributed by atoms with Crippen LogP contribution >= 0.6 is 0 Å².